The number of nitro benzene ring substituents is 1. The van der Waals surface area contributed by atoms with Crippen LogP contribution in [0.15, 0.2) is 52.9 Å². The number of halogens is 1. The quantitative estimate of drug-likeness (QED) is 0.346. The maximum atomic E-state index is 13.2. The smallest absolute Gasteiger partial charge is 0.271 e. The van der Waals surface area contributed by atoms with Crippen LogP contribution in [0, 0.1) is 15.9 Å². The summed E-state index contributed by atoms with van der Waals surface area (Å²) >= 11 is 2.40. The zero-order chi connectivity index (χ0) is 19.2. The highest BCUT2D eigenvalue weighted by Crippen LogP contribution is 2.28. The molecule has 0 spiro atoms. The van der Waals surface area contributed by atoms with Gasteiger partial charge in [0.15, 0.2) is 4.34 Å². The van der Waals surface area contributed by atoms with Crippen molar-refractivity contribution in [3.05, 3.63) is 64.5 Å². The van der Waals surface area contributed by atoms with Crippen LogP contribution in [0.3, 0.4) is 0 Å². The highest BCUT2D eigenvalue weighted by atomic mass is 32.2. The van der Waals surface area contributed by atoms with Gasteiger partial charge in [0.1, 0.15) is 5.82 Å². The lowest BCUT2D eigenvalue weighted by Gasteiger charge is -2.03. The van der Waals surface area contributed by atoms with Crippen LogP contribution in [0.25, 0.3) is 0 Å². The second kappa shape index (κ2) is 8.56. The summed E-state index contributed by atoms with van der Waals surface area (Å²) in [5.74, 6) is -0.621. The molecule has 2 N–H and O–H groups in total. The number of benzene rings is 2. The summed E-state index contributed by atoms with van der Waals surface area (Å²) < 4.78 is 13.7. The number of aromatic nitrogens is 2. The Hall–Kier alpha value is -3.05. The van der Waals surface area contributed by atoms with E-state index in [4.69, 9.17) is 0 Å². The van der Waals surface area contributed by atoms with Gasteiger partial charge in [-0.1, -0.05) is 35.2 Å². The van der Waals surface area contributed by atoms with Crippen molar-refractivity contribution in [2.45, 2.75) is 4.34 Å². The standard InChI is InChI=1S/C16H12FN5O3S2/c17-10-3-1-4-11(7-10)19-15-20-21-16(27-15)26-9-14(23)18-12-5-2-6-13(8-12)22(24)25/h1-8H,9H2,(H,18,23)(H,19,20). The van der Waals surface area contributed by atoms with Gasteiger partial charge >= 0.3 is 0 Å². The predicted molar refractivity (Wildman–Crippen MR) is 102 cm³/mol. The van der Waals surface area contributed by atoms with E-state index < -0.39 is 4.92 Å². The number of carbonyl (C=O) groups excluding carboxylic acids is 1. The summed E-state index contributed by atoms with van der Waals surface area (Å²) in [6, 6.07) is 11.6. The minimum atomic E-state index is -0.529. The molecule has 0 atom stereocenters. The summed E-state index contributed by atoms with van der Waals surface area (Å²) in [4.78, 5) is 22.2. The second-order valence-corrected chi connectivity index (χ2v) is 7.35. The Kier molecular flexibility index (Phi) is 5.94. The molecule has 0 aliphatic rings. The van der Waals surface area contributed by atoms with E-state index in [9.17, 15) is 19.3 Å². The number of nitro groups is 1. The molecule has 27 heavy (non-hydrogen) atoms. The van der Waals surface area contributed by atoms with E-state index in [1.807, 2.05) is 0 Å². The number of hydrogen-bond donors (Lipinski definition) is 2. The fourth-order valence-corrected chi connectivity index (χ4v) is 3.60. The number of thioether (sulfide) groups is 1. The molecule has 0 aliphatic carbocycles. The minimum absolute atomic E-state index is 0.0668. The Bertz CT molecular complexity index is 982. The summed E-state index contributed by atoms with van der Waals surface area (Å²) in [6.07, 6.45) is 0. The molecule has 138 valence electrons. The van der Waals surface area contributed by atoms with Crippen molar-refractivity contribution in [2.75, 3.05) is 16.4 Å². The van der Waals surface area contributed by atoms with Crippen LogP contribution in [-0.2, 0) is 4.79 Å². The maximum absolute atomic E-state index is 13.2. The zero-order valence-electron chi connectivity index (χ0n) is 13.6. The van der Waals surface area contributed by atoms with Gasteiger partial charge in [-0.05, 0) is 24.3 Å². The summed E-state index contributed by atoms with van der Waals surface area (Å²) in [7, 11) is 0. The van der Waals surface area contributed by atoms with E-state index in [-0.39, 0.29) is 23.2 Å². The van der Waals surface area contributed by atoms with Crippen LogP contribution in [-0.4, -0.2) is 26.8 Å². The Morgan fingerprint density at radius 3 is 2.74 bits per heavy atom. The van der Waals surface area contributed by atoms with Gasteiger partial charge in [0, 0.05) is 23.5 Å². The summed E-state index contributed by atoms with van der Waals surface area (Å²) in [5, 5.41) is 24.7. The minimum Gasteiger partial charge on any atom is -0.330 e. The Labute approximate surface area is 161 Å². The molecule has 1 aromatic heterocycles. The number of rotatable bonds is 7. The first-order valence-corrected chi connectivity index (χ1v) is 9.33. The van der Waals surface area contributed by atoms with Crippen molar-refractivity contribution >= 4 is 51.2 Å². The molecular weight excluding hydrogens is 393 g/mol. The lowest BCUT2D eigenvalue weighted by Crippen LogP contribution is -2.14. The first-order chi connectivity index (χ1) is 13.0. The maximum Gasteiger partial charge on any atom is 0.271 e. The largest absolute Gasteiger partial charge is 0.330 e. The van der Waals surface area contributed by atoms with E-state index in [0.717, 1.165) is 0 Å². The van der Waals surface area contributed by atoms with Crippen molar-refractivity contribution in [3.63, 3.8) is 0 Å². The normalized spacial score (nSPS) is 10.4. The molecule has 3 aromatic rings. The lowest BCUT2D eigenvalue weighted by molar-refractivity contribution is -0.384. The molecule has 3 rings (SSSR count). The van der Waals surface area contributed by atoms with Gasteiger partial charge in [-0.3, -0.25) is 14.9 Å². The van der Waals surface area contributed by atoms with Gasteiger partial charge in [0.25, 0.3) is 5.69 Å². The molecule has 2 aromatic carbocycles. The van der Waals surface area contributed by atoms with Crippen LogP contribution in [0.4, 0.5) is 26.6 Å². The summed E-state index contributed by atoms with van der Waals surface area (Å²) in [6.45, 7) is 0. The van der Waals surface area contributed by atoms with Crippen molar-refractivity contribution in [3.8, 4) is 0 Å². The molecule has 0 bridgehead atoms. The first kappa shape index (κ1) is 18.7. The lowest BCUT2D eigenvalue weighted by atomic mass is 10.3. The number of nitrogens with zero attached hydrogens (tertiary/aromatic N) is 3. The van der Waals surface area contributed by atoms with Gasteiger partial charge < -0.3 is 10.6 Å². The third kappa shape index (κ3) is 5.46. The molecule has 0 fully saturated rings. The molecule has 8 nitrogen and oxygen atoms in total. The highest BCUT2D eigenvalue weighted by molar-refractivity contribution is 8.01. The number of carbonyl (C=O) groups is 1. The molecule has 0 unspecified atom stereocenters. The number of non-ortho nitro benzene ring substituents is 1. The zero-order valence-corrected chi connectivity index (χ0v) is 15.2. The average Bonchev–Trinajstić information content (AvgIpc) is 3.07. The van der Waals surface area contributed by atoms with Crippen molar-refractivity contribution in [1.29, 1.82) is 0 Å². The third-order valence-electron chi connectivity index (χ3n) is 3.15. The van der Waals surface area contributed by atoms with E-state index >= 15 is 0 Å². The predicted octanol–water partition coefficient (Wildman–Crippen LogP) is 4.06. The fourth-order valence-electron chi connectivity index (χ4n) is 2.03. The highest BCUT2D eigenvalue weighted by Gasteiger charge is 2.11. The van der Waals surface area contributed by atoms with Gasteiger partial charge in [0.2, 0.25) is 11.0 Å². The van der Waals surface area contributed by atoms with E-state index in [2.05, 4.69) is 20.8 Å². The number of hydrogen-bond acceptors (Lipinski definition) is 8. The topological polar surface area (TPSA) is 110 Å². The monoisotopic (exact) mass is 405 g/mol. The average molecular weight is 405 g/mol. The molecule has 0 radical (unpaired) electrons. The van der Waals surface area contributed by atoms with Crippen molar-refractivity contribution in [2.24, 2.45) is 0 Å². The number of anilines is 3. The Morgan fingerprint density at radius 2 is 1.96 bits per heavy atom. The molecule has 1 amide bonds. The molecule has 1 heterocycles. The van der Waals surface area contributed by atoms with Gasteiger partial charge in [-0.2, -0.15) is 0 Å². The Morgan fingerprint density at radius 1 is 1.19 bits per heavy atom. The molecule has 11 heteroatoms. The molecule has 0 saturated carbocycles. The SMILES string of the molecule is O=C(CSc1nnc(Nc2cccc(F)c2)s1)Nc1cccc([N+](=O)[O-])c1. The number of nitrogens with one attached hydrogen (secondary N) is 2. The van der Waals surface area contributed by atoms with Crippen LogP contribution in [0.1, 0.15) is 0 Å². The van der Waals surface area contributed by atoms with Gasteiger partial charge in [-0.15, -0.1) is 10.2 Å². The van der Waals surface area contributed by atoms with Gasteiger partial charge in [-0.25, -0.2) is 4.39 Å². The first-order valence-electron chi connectivity index (χ1n) is 7.53. The second-order valence-electron chi connectivity index (χ2n) is 5.15. The number of amides is 1. The van der Waals surface area contributed by atoms with Crippen molar-refractivity contribution < 1.29 is 14.1 Å². The van der Waals surface area contributed by atoms with Crippen molar-refractivity contribution in [1.82, 2.24) is 10.2 Å². The van der Waals surface area contributed by atoms with E-state index in [1.165, 1.54) is 53.4 Å². The van der Waals surface area contributed by atoms with Crippen LogP contribution >= 0.6 is 23.1 Å². The summed E-state index contributed by atoms with van der Waals surface area (Å²) in [5.41, 5.74) is 0.796. The van der Waals surface area contributed by atoms with Crippen LogP contribution < -0.4 is 10.6 Å². The fraction of sp³-hybridized carbons (Fsp3) is 0.0625. The van der Waals surface area contributed by atoms with E-state index in [0.29, 0.717) is 20.8 Å². The van der Waals surface area contributed by atoms with Gasteiger partial charge in [0.05, 0.1) is 10.7 Å². The molecule has 0 aliphatic heterocycles. The third-order valence-corrected chi connectivity index (χ3v) is 5.12. The Balaban J connectivity index is 1.53. The molecule has 0 saturated heterocycles. The van der Waals surface area contributed by atoms with E-state index in [1.54, 1.807) is 18.2 Å². The molecular formula is C16H12FN5O3S2. The van der Waals surface area contributed by atoms with Crippen LogP contribution in [0.5, 0.6) is 0 Å². The van der Waals surface area contributed by atoms with Crippen LogP contribution in [0.2, 0.25) is 0 Å².